The van der Waals surface area contributed by atoms with E-state index in [4.69, 9.17) is 4.74 Å². The number of allylic oxidation sites excluding steroid dienone is 4. The smallest absolute Gasteiger partial charge is 0.139 e. The maximum absolute atomic E-state index is 5.54. The van der Waals surface area contributed by atoms with Crippen molar-refractivity contribution in [3.8, 4) is 0 Å². The molecule has 1 saturated heterocycles. The van der Waals surface area contributed by atoms with Crippen molar-refractivity contribution >= 4 is 0 Å². The van der Waals surface area contributed by atoms with Crippen molar-refractivity contribution in [2.75, 3.05) is 13.3 Å². The van der Waals surface area contributed by atoms with E-state index in [1.807, 2.05) is 13.8 Å². The molecular weight excluding hydrogens is 186 g/mol. The van der Waals surface area contributed by atoms with E-state index in [1.54, 1.807) is 0 Å². The minimum atomic E-state index is 0.102. The zero-order valence-corrected chi connectivity index (χ0v) is 10.1. The Morgan fingerprint density at radius 3 is 2.80 bits per heavy atom. The van der Waals surface area contributed by atoms with Crippen molar-refractivity contribution in [2.24, 2.45) is 5.41 Å². The first-order valence-corrected chi connectivity index (χ1v) is 5.62. The van der Waals surface area contributed by atoms with Crippen LogP contribution < -0.4 is 5.32 Å². The lowest BCUT2D eigenvalue weighted by atomic mass is 9.92. The topological polar surface area (TPSA) is 21.3 Å². The van der Waals surface area contributed by atoms with Gasteiger partial charge in [-0.2, -0.15) is 0 Å². The highest BCUT2D eigenvalue weighted by Gasteiger charge is 2.19. The van der Waals surface area contributed by atoms with Gasteiger partial charge >= 0.3 is 0 Å². The molecule has 2 rings (SSSR count). The highest BCUT2D eigenvalue weighted by atomic mass is 16.5. The van der Waals surface area contributed by atoms with Gasteiger partial charge in [-0.15, -0.1) is 0 Å². The Bertz CT molecular complexity index is 298. The summed E-state index contributed by atoms with van der Waals surface area (Å²) in [4.78, 5) is 0. The van der Waals surface area contributed by atoms with Crippen LogP contribution >= 0.6 is 0 Å². The van der Waals surface area contributed by atoms with Crippen molar-refractivity contribution in [1.82, 2.24) is 5.32 Å². The van der Waals surface area contributed by atoms with E-state index < -0.39 is 0 Å². The van der Waals surface area contributed by atoms with Crippen LogP contribution in [0.25, 0.3) is 0 Å². The summed E-state index contributed by atoms with van der Waals surface area (Å²) in [5, 5.41) is 3.17. The molecule has 0 saturated carbocycles. The second kappa shape index (κ2) is 5.17. The Balaban J connectivity index is 0.000000531. The molecule has 1 heterocycles. The Labute approximate surface area is 92.7 Å². The molecule has 2 aliphatic rings. The molecule has 2 heteroatoms. The van der Waals surface area contributed by atoms with Gasteiger partial charge in [-0.25, -0.2) is 0 Å². The van der Waals surface area contributed by atoms with Gasteiger partial charge in [-0.05, 0) is 6.08 Å². The van der Waals surface area contributed by atoms with Crippen molar-refractivity contribution in [3.63, 3.8) is 0 Å². The first-order valence-electron chi connectivity index (χ1n) is 5.62. The van der Waals surface area contributed by atoms with Crippen molar-refractivity contribution in [2.45, 2.75) is 27.7 Å². The van der Waals surface area contributed by atoms with Crippen LogP contribution in [-0.4, -0.2) is 13.3 Å². The Morgan fingerprint density at radius 2 is 2.07 bits per heavy atom. The van der Waals surface area contributed by atoms with Gasteiger partial charge in [-0.3, -0.25) is 5.32 Å². The quantitative estimate of drug-likeness (QED) is 0.659. The lowest BCUT2D eigenvalue weighted by Gasteiger charge is -2.22. The molecule has 0 aromatic heterocycles. The first-order chi connectivity index (χ1) is 7.17. The zero-order valence-electron chi connectivity index (χ0n) is 10.1. The van der Waals surface area contributed by atoms with Crippen LogP contribution in [0.1, 0.15) is 27.7 Å². The highest BCUT2D eigenvalue weighted by Crippen LogP contribution is 2.28. The van der Waals surface area contributed by atoms with Crippen LogP contribution in [0.2, 0.25) is 0 Å². The molecule has 0 unspecified atom stereocenters. The lowest BCUT2D eigenvalue weighted by molar-refractivity contribution is 0.174. The summed E-state index contributed by atoms with van der Waals surface area (Å²) in [5.74, 6) is 1.04. The van der Waals surface area contributed by atoms with E-state index in [0.717, 1.165) is 12.3 Å². The summed E-state index contributed by atoms with van der Waals surface area (Å²) >= 11 is 0. The van der Waals surface area contributed by atoms with Crippen LogP contribution in [0.3, 0.4) is 0 Å². The van der Waals surface area contributed by atoms with Gasteiger partial charge in [0.2, 0.25) is 0 Å². The van der Waals surface area contributed by atoms with E-state index in [9.17, 15) is 0 Å². The van der Waals surface area contributed by atoms with Gasteiger partial charge in [0, 0.05) is 17.5 Å². The van der Waals surface area contributed by atoms with E-state index >= 15 is 0 Å². The van der Waals surface area contributed by atoms with Gasteiger partial charge in [0.15, 0.2) is 0 Å². The molecule has 2 nitrogen and oxygen atoms in total. The van der Waals surface area contributed by atoms with Gasteiger partial charge < -0.3 is 4.74 Å². The maximum atomic E-state index is 5.54. The molecule has 0 aromatic rings. The molecule has 1 aliphatic carbocycles. The highest BCUT2D eigenvalue weighted by molar-refractivity contribution is 5.37. The summed E-state index contributed by atoms with van der Waals surface area (Å²) in [6.45, 7) is 9.89. The van der Waals surface area contributed by atoms with Gasteiger partial charge in [-0.1, -0.05) is 45.9 Å². The Kier molecular flexibility index (Phi) is 4.15. The third-order valence-corrected chi connectivity index (χ3v) is 2.29. The average Bonchev–Trinajstić information content (AvgIpc) is 2.37. The molecule has 1 N–H and O–H groups in total. The van der Waals surface area contributed by atoms with Crippen molar-refractivity contribution < 1.29 is 4.74 Å². The van der Waals surface area contributed by atoms with Crippen LogP contribution in [0.15, 0.2) is 35.6 Å². The number of fused-ring (bicyclic) bond motifs is 1. The molecular formula is C13H21NO. The molecule has 0 spiro atoms. The second-order valence-corrected chi connectivity index (χ2v) is 4.10. The average molecular weight is 207 g/mol. The zero-order chi connectivity index (χ0) is 11.3. The first kappa shape index (κ1) is 12.1. The monoisotopic (exact) mass is 207 g/mol. The normalized spacial score (nSPS) is 22.1. The molecule has 0 radical (unpaired) electrons. The fourth-order valence-electron chi connectivity index (χ4n) is 1.57. The third kappa shape index (κ3) is 3.24. The molecule has 84 valence electrons. The maximum Gasteiger partial charge on any atom is 0.139 e. The largest absolute Gasteiger partial charge is 0.478 e. The summed E-state index contributed by atoms with van der Waals surface area (Å²) in [6.07, 6.45) is 8.60. The minimum absolute atomic E-state index is 0.102. The van der Waals surface area contributed by atoms with Crippen LogP contribution in [0.4, 0.5) is 0 Å². The predicted octanol–water partition coefficient (Wildman–Crippen LogP) is 3.00. The molecule has 1 aliphatic heterocycles. The summed E-state index contributed by atoms with van der Waals surface area (Å²) in [6, 6.07) is 0. The number of nitrogens with one attached hydrogen (secondary N) is 1. The van der Waals surface area contributed by atoms with E-state index in [2.05, 4.69) is 43.5 Å². The minimum Gasteiger partial charge on any atom is -0.478 e. The van der Waals surface area contributed by atoms with Gasteiger partial charge in [0.1, 0.15) is 12.5 Å². The number of hydrogen-bond acceptors (Lipinski definition) is 2. The predicted molar refractivity (Wildman–Crippen MR) is 64.4 cm³/mol. The Hall–Kier alpha value is -1.02. The molecule has 0 aromatic carbocycles. The van der Waals surface area contributed by atoms with Crippen LogP contribution in [0, 0.1) is 5.41 Å². The van der Waals surface area contributed by atoms with Gasteiger partial charge in [0.25, 0.3) is 0 Å². The summed E-state index contributed by atoms with van der Waals surface area (Å²) in [5.41, 5.74) is 1.35. The molecule has 0 amide bonds. The molecule has 0 atom stereocenters. The van der Waals surface area contributed by atoms with Crippen molar-refractivity contribution in [3.05, 3.63) is 35.6 Å². The van der Waals surface area contributed by atoms with Gasteiger partial charge in [0.05, 0.1) is 0 Å². The number of hydrogen-bond donors (Lipinski definition) is 1. The fraction of sp³-hybridized carbons (Fsp3) is 0.538. The SMILES string of the molecule is CC.CC1(C)C=CC=C2CNCOC2=C1. The van der Waals surface area contributed by atoms with E-state index in [1.165, 1.54) is 5.57 Å². The van der Waals surface area contributed by atoms with Crippen LogP contribution in [-0.2, 0) is 4.74 Å². The molecule has 1 fully saturated rings. The number of ether oxygens (including phenoxy) is 1. The summed E-state index contributed by atoms with van der Waals surface area (Å²) in [7, 11) is 0. The molecule has 0 bridgehead atoms. The number of rotatable bonds is 0. The lowest BCUT2D eigenvalue weighted by Crippen LogP contribution is -2.28. The van der Waals surface area contributed by atoms with E-state index in [-0.39, 0.29) is 5.41 Å². The standard InChI is InChI=1S/C11H15NO.C2H6/c1-11(2)5-3-4-9-7-12-8-13-10(9)6-11;1-2/h3-6,12H,7-8H2,1-2H3;1-2H3. The van der Waals surface area contributed by atoms with Crippen LogP contribution in [0.5, 0.6) is 0 Å². The summed E-state index contributed by atoms with van der Waals surface area (Å²) < 4.78 is 5.54. The van der Waals surface area contributed by atoms with E-state index in [0.29, 0.717) is 6.73 Å². The Morgan fingerprint density at radius 1 is 1.33 bits per heavy atom. The molecule has 15 heavy (non-hydrogen) atoms. The third-order valence-electron chi connectivity index (χ3n) is 2.29. The second-order valence-electron chi connectivity index (χ2n) is 4.10. The van der Waals surface area contributed by atoms with Crippen molar-refractivity contribution in [1.29, 1.82) is 0 Å². The fourth-order valence-corrected chi connectivity index (χ4v) is 1.57.